The van der Waals surface area contributed by atoms with Crippen molar-refractivity contribution >= 4 is 0 Å². The summed E-state index contributed by atoms with van der Waals surface area (Å²) in [6, 6.07) is 0.790. The number of nitrogens with zero attached hydrogens (tertiary/aromatic N) is 2. The smallest absolute Gasteiger partial charge is 0.0117 e. The average molecular weight is 255 g/mol. The van der Waals surface area contributed by atoms with E-state index in [9.17, 15) is 0 Å². The van der Waals surface area contributed by atoms with Gasteiger partial charge >= 0.3 is 0 Å². The Kier molecular flexibility index (Phi) is 7.20. The molecule has 0 radical (unpaired) electrons. The summed E-state index contributed by atoms with van der Waals surface area (Å²) >= 11 is 0. The number of rotatable bonds is 7. The first kappa shape index (κ1) is 15.9. The van der Waals surface area contributed by atoms with Crippen LogP contribution in [0.5, 0.6) is 0 Å². The van der Waals surface area contributed by atoms with Crippen LogP contribution in [-0.4, -0.2) is 56.1 Å². The zero-order valence-electron chi connectivity index (χ0n) is 12.9. The largest absolute Gasteiger partial charge is 0.330 e. The molecular weight excluding hydrogens is 222 g/mol. The van der Waals surface area contributed by atoms with Gasteiger partial charge in [-0.05, 0) is 77.8 Å². The van der Waals surface area contributed by atoms with Crippen LogP contribution < -0.4 is 5.73 Å². The molecule has 0 aromatic heterocycles. The Morgan fingerprint density at radius 2 is 1.89 bits per heavy atom. The van der Waals surface area contributed by atoms with E-state index < -0.39 is 0 Å². The fraction of sp³-hybridized carbons (Fsp3) is 1.00. The minimum absolute atomic E-state index is 0.707. The molecule has 0 spiro atoms. The van der Waals surface area contributed by atoms with E-state index in [1.807, 2.05) is 0 Å². The Labute approximate surface area is 114 Å². The van der Waals surface area contributed by atoms with Crippen LogP contribution in [0.25, 0.3) is 0 Å². The third kappa shape index (κ3) is 5.68. The van der Waals surface area contributed by atoms with Gasteiger partial charge in [-0.15, -0.1) is 0 Å². The molecule has 18 heavy (non-hydrogen) atoms. The Morgan fingerprint density at radius 3 is 2.39 bits per heavy atom. The van der Waals surface area contributed by atoms with Crippen LogP contribution in [0.3, 0.4) is 0 Å². The van der Waals surface area contributed by atoms with Gasteiger partial charge in [0.25, 0.3) is 0 Å². The van der Waals surface area contributed by atoms with Gasteiger partial charge in [0.05, 0.1) is 0 Å². The number of hydrogen-bond donors (Lipinski definition) is 1. The molecular formula is C15H33N3. The summed E-state index contributed by atoms with van der Waals surface area (Å²) in [4.78, 5) is 5.00. The van der Waals surface area contributed by atoms with Crippen LogP contribution in [-0.2, 0) is 0 Å². The van der Waals surface area contributed by atoms with Gasteiger partial charge in [0, 0.05) is 6.04 Å². The quantitative estimate of drug-likeness (QED) is 0.755. The molecule has 108 valence electrons. The molecule has 1 aliphatic rings. The van der Waals surface area contributed by atoms with Gasteiger partial charge in [-0.2, -0.15) is 0 Å². The second-order valence-corrected chi connectivity index (χ2v) is 6.54. The van der Waals surface area contributed by atoms with Gasteiger partial charge in [-0.1, -0.05) is 13.8 Å². The zero-order valence-corrected chi connectivity index (χ0v) is 12.9. The number of hydrogen-bond acceptors (Lipinski definition) is 3. The summed E-state index contributed by atoms with van der Waals surface area (Å²) in [7, 11) is 4.52. The van der Waals surface area contributed by atoms with Gasteiger partial charge < -0.3 is 15.5 Å². The zero-order chi connectivity index (χ0) is 13.5. The highest BCUT2D eigenvalue weighted by Gasteiger charge is 2.21. The third-order valence-electron chi connectivity index (χ3n) is 4.34. The van der Waals surface area contributed by atoms with Crippen LogP contribution in [0.1, 0.15) is 39.5 Å². The van der Waals surface area contributed by atoms with Crippen molar-refractivity contribution in [3.63, 3.8) is 0 Å². The highest BCUT2D eigenvalue weighted by atomic mass is 15.2. The Hall–Kier alpha value is -0.120. The summed E-state index contributed by atoms with van der Waals surface area (Å²) in [6.07, 6.45) is 5.18. The summed E-state index contributed by atoms with van der Waals surface area (Å²) in [6.45, 7) is 9.15. The highest BCUT2D eigenvalue weighted by Crippen LogP contribution is 2.18. The molecule has 1 unspecified atom stereocenters. The van der Waals surface area contributed by atoms with Gasteiger partial charge in [-0.3, -0.25) is 0 Å². The normalized spacial score (nSPS) is 20.8. The Balaban J connectivity index is 2.24. The molecule has 3 nitrogen and oxygen atoms in total. The molecule has 1 aliphatic heterocycles. The van der Waals surface area contributed by atoms with E-state index in [0.29, 0.717) is 5.92 Å². The van der Waals surface area contributed by atoms with Crippen molar-refractivity contribution in [2.75, 3.05) is 40.3 Å². The summed E-state index contributed by atoms with van der Waals surface area (Å²) in [5, 5.41) is 0. The van der Waals surface area contributed by atoms with Crippen LogP contribution >= 0.6 is 0 Å². The molecule has 2 N–H and O–H groups in total. The van der Waals surface area contributed by atoms with E-state index in [1.165, 1.54) is 45.3 Å². The molecule has 1 saturated heterocycles. The molecule has 0 aromatic rings. The Bertz CT molecular complexity index is 210. The lowest BCUT2D eigenvalue weighted by atomic mass is 9.93. The number of nitrogens with two attached hydrogens (primary N) is 1. The maximum atomic E-state index is 5.88. The molecule has 3 heteroatoms. The van der Waals surface area contributed by atoms with Crippen molar-refractivity contribution in [1.82, 2.24) is 9.80 Å². The van der Waals surface area contributed by atoms with E-state index in [0.717, 1.165) is 18.5 Å². The molecule has 0 aromatic carbocycles. The molecule has 1 fully saturated rings. The van der Waals surface area contributed by atoms with Crippen LogP contribution in [0, 0.1) is 11.8 Å². The topological polar surface area (TPSA) is 32.5 Å². The standard InChI is InChI=1S/C15H33N3/c1-13(2)11-14(12-16)5-10-18(4)15-6-8-17(3)9-7-15/h13-15H,5-12,16H2,1-4H3. The van der Waals surface area contributed by atoms with Crippen molar-refractivity contribution in [2.24, 2.45) is 17.6 Å². The first-order valence-corrected chi connectivity index (χ1v) is 7.61. The van der Waals surface area contributed by atoms with Gasteiger partial charge in [0.2, 0.25) is 0 Å². The van der Waals surface area contributed by atoms with E-state index in [-0.39, 0.29) is 0 Å². The molecule has 0 bridgehead atoms. The fourth-order valence-corrected chi connectivity index (χ4v) is 3.00. The van der Waals surface area contributed by atoms with Gasteiger partial charge in [0.15, 0.2) is 0 Å². The number of piperidine rings is 1. The molecule has 0 amide bonds. The number of likely N-dealkylation sites (tertiary alicyclic amines) is 1. The lowest BCUT2D eigenvalue weighted by Gasteiger charge is -2.35. The van der Waals surface area contributed by atoms with Gasteiger partial charge in [0.1, 0.15) is 0 Å². The lowest BCUT2D eigenvalue weighted by Crippen LogP contribution is -2.42. The van der Waals surface area contributed by atoms with Crippen molar-refractivity contribution in [2.45, 2.75) is 45.6 Å². The molecule has 0 aliphatic carbocycles. The minimum Gasteiger partial charge on any atom is -0.330 e. The summed E-state index contributed by atoms with van der Waals surface area (Å²) < 4.78 is 0. The second kappa shape index (κ2) is 8.13. The third-order valence-corrected chi connectivity index (χ3v) is 4.34. The van der Waals surface area contributed by atoms with E-state index in [1.54, 1.807) is 0 Å². The first-order chi connectivity index (χ1) is 8.52. The fourth-order valence-electron chi connectivity index (χ4n) is 3.00. The van der Waals surface area contributed by atoms with Crippen molar-refractivity contribution in [3.05, 3.63) is 0 Å². The Morgan fingerprint density at radius 1 is 1.28 bits per heavy atom. The lowest BCUT2D eigenvalue weighted by molar-refractivity contribution is 0.137. The second-order valence-electron chi connectivity index (χ2n) is 6.54. The van der Waals surface area contributed by atoms with E-state index in [4.69, 9.17) is 5.73 Å². The summed E-state index contributed by atoms with van der Waals surface area (Å²) in [5.74, 6) is 1.48. The molecule has 1 atom stereocenters. The van der Waals surface area contributed by atoms with Crippen LogP contribution in [0.4, 0.5) is 0 Å². The van der Waals surface area contributed by atoms with E-state index >= 15 is 0 Å². The van der Waals surface area contributed by atoms with Gasteiger partial charge in [-0.25, -0.2) is 0 Å². The molecule has 0 saturated carbocycles. The minimum atomic E-state index is 0.707. The SMILES string of the molecule is CC(C)CC(CN)CCN(C)C1CCN(C)CC1. The van der Waals surface area contributed by atoms with Crippen molar-refractivity contribution < 1.29 is 0 Å². The molecule has 1 heterocycles. The summed E-state index contributed by atoms with van der Waals surface area (Å²) in [5.41, 5.74) is 5.88. The predicted octanol–water partition coefficient (Wildman–Crippen LogP) is 2.02. The van der Waals surface area contributed by atoms with Crippen molar-refractivity contribution in [3.8, 4) is 0 Å². The first-order valence-electron chi connectivity index (χ1n) is 7.61. The maximum Gasteiger partial charge on any atom is 0.0117 e. The maximum absolute atomic E-state index is 5.88. The van der Waals surface area contributed by atoms with Crippen LogP contribution in [0.2, 0.25) is 0 Å². The van der Waals surface area contributed by atoms with E-state index in [2.05, 4.69) is 37.7 Å². The monoisotopic (exact) mass is 255 g/mol. The molecule has 1 rings (SSSR count). The highest BCUT2D eigenvalue weighted by molar-refractivity contribution is 4.77. The predicted molar refractivity (Wildman–Crippen MR) is 79.8 cm³/mol. The average Bonchev–Trinajstić information content (AvgIpc) is 2.34. The van der Waals surface area contributed by atoms with Crippen LogP contribution in [0.15, 0.2) is 0 Å². The van der Waals surface area contributed by atoms with Crippen molar-refractivity contribution in [1.29, 1.82) is 0 Å².